The number of anilines is 1. The third kappa shape index (κ3) is 3.50. The molecule has 0 saturated heterocycles. The zero-order chi connectivity index (χ0) is 20.5. The average molecular weight is 415 g/mol. The van der Waals surface area contributed by atoms with Crippen molar-refractivity contribution in [1.82, 2.24) is 5.32 Å². The zero-order valence-electron chi connectivity index (χ0n) is 16.5. The first-order valence-corrected chi connectivity index (χ1v) is 10.7. The third-order valence-corrected chi connectivity index (χ3v) is 6.42. The molecule has 0 saturated carbocycles. The second kappa shape index (κ2) is 8.00. The minimum atomic E-state index is -0.0570. The highest BCUT2D eigenvalue weighted by atomic mass is 35.5. The predicted octanol–water partition coefficient (Wildman–Crippen LogP) is 6.10. The number of fused-ring (bicyclic) bond motifs is 3. The molecule has 0 bridgehead atoms. The molecular formula is C26H23ClN2O. The Bertz CT molecular complexity index is 1090. The van der Waals surface area contributed by atoms with E-state index in [9.17, 15) is 4.79 Å². The van der Waals surface area contributed by atoms with Gasteiger partial charge in [0.1, 0.15) is 0 Å². The van der Waals surface area contributed by atoms with Crippen LogP contribution in [0.15, 0.2) is 84.9 Å². The monoisotopic (exact) mass is 414 g/mol. The molecule has 0 aromatic heterocycles. The first kappa shape index (κ1) is 19.0. The maximum atomic E-state index is 13.1. The minimum Gasteiger partial charge on any atom is -0.377 e. The Labute approximate surface area is 181 Å². The smallest absolute Gasteiger partial charge is 0.253 e. The molecule has 4 heteroatoms. The van der Waals surface area contributed by atoms with Crippen molar-refractivity contribution in [3.63, 3.8) is 0 Å². The number of benzene rings is 3. The Morgan fingerprint density at radius 3 is 2.60 bits per heavy atom. The second-order valence-electron chi connectivity index (χ2n) is 7.97. The summed E-state index contributed by atoms with van der Waals surface area (Å²) in [7, 11) is 0. The highest BCUT2D eigenvalue weighted by molar-refractivity contribution is 6.30. The van der Waals surface area contributed by atoms with E-state index in [-0.39, 0.29) is 11.9 Å². The van der Waals surface area contributed by atoms with Gasteiger partial charge in [-0.05, 0) is 47.2 Å². The molecule has 3 nitrogen and oxygen atoms in total. The largest absolute Gasteiger partial charge is 0.377 e. The molecule has 0 spiro atoms. The molecule has 3 atom stereocenters. The Kier molecular flexibility index (Phi) is 5.06. The first-order valence-electron chi connectivity index (χ1n) is 10.3. The molecule has 30 heavy (non-hydrogen) atoms. The van der Waals surface area contributed by atoms with Gasteiger partial charge in [-0.3, -0.25) is 4.79 Å². The molecule has 0 radical (unpaired) electrons. The van der Waals surface area contributed by atoms with Gasteiger partial charge in [0.05, 0.1) is 17.3 Å². The van der Waals surface area contributed by atoms with E-state index in [1.165, 1.54) is 11.1 Å². The van der Waals surface area contributed by atoms with E-state index in [1.54, 1.807) is 0 Å². The summed E-state index contributed by atoms with van der Waals surface area (Å²) in [5, 5.41) is 7.51. The number of rotatable bonds is 4. The van der Waals surface area contributed by atoms with Crippen LogP contribution in [0.4, 0.5) is 5.69 Å². The lowest BCUT2D eigenvalue weighted by molar-refractivity contribution is 0.0951. The number of hydrogen-bond donors (Lipinski definition) is 2. The molecular weight excluding hydrogens is 392 g/mol. The van der Waals surface area contributed by atoms with Crippen molar-refractivity contribution in [2.75, 3.05) is 5.32 Å². The highest BCUT2D eigenvalue weighted by Gasteiger charge is 2.39. The number of carbonyl (C=O) groups excluding carboxylic acids is 1. The molecule has 2 aliphatic rings. The molecule has 3 aromatic carbocycles. The quantitative estimate of drug-likeness (QED) is 0.506. The summed E-state index contributed by atoms with van der Waals surface area (Å²) in [6, 6.07) is 24.2. The summed E-state index contributed by atoms with van der Waals surface area (Å²) >= 11 is 6.11. The number of para-hydroxylation sites is 1. The normalized spacial score (nSPS) is 21.4. The van der Waals surface area contributed by atoms with Gasteiger partial charge in [0, 0.05) is 17.5 Å². The van der Waals surface area contributed by atoms with Crippen LogP contribution in [0.25, 0.3) is 0 Å². The van der Waals surface area contributed by atoms with Crippen LogP contribution in [-0.2, 0) is 6.54 Å². The predicted molar refractivity (Wildman–Crippen MR) is 122 cm³/mol. The van der Waals surface area contributed by atoms with Gasteiger partial charge in [0.25, 0.3) is 5.91 Å². The van der Waals surface area contributed by atoms with Gasteiger partial charge in [0.15, 0.2) is 0 Å². The van der Waals surface area contributed by atoms with Crippen LogP contribution >= 0.6 is 11.6 Å². The summed E-state index contributed by atoms with van der Waals surface area (Å²) in [4.78, 5) is 13.1. The van der Waals surface area contributed by atoms with Crippen molar-refractivity contribution in [2.24, 2.45) is 5.92 Å². The number of nitrogens with one attached hydrogen (secondary N) is 2. The lowest BCUT2D eigenvalue weighted by Gasteiger charge is -2.38. The molecule has 5 rings (SSSR count). The average Bonchev–Trinajstić information content (AvgIpc) is 3.28. The van der Waals surface area contributed by atoms with E-state index in [2.05, 4.69) is 41.0 Å². The van der Waals surface area contributed by atoms with E-state index in [0.29, 0.717) is 23.9 Å². The van der Waals surface area contributed by atoms with Gasteiger partial charge in [-0.25, -0.2) is 0 Å². The number of amides is 1. The zero-order valence-corrected chi connectivity index (χ0v) is 17.3. The number of halogens is 1. The maximum Gasteiger partial charge on any atom is 0.253 e. The van der Waals surface area contributed by atoms with Crippen molar-refractivity contribution in [2.45, 2.75) is 24.9 Å². The Morgan fingerprint density at radius 1 is 1.00 bits per heavy atom. The SMILES string of the molecule is O=C(NCc1ccccc1)c1cccc2c1NC(c1ccc(Cl)cc1)C1CC=CC21. The summed E-state index contributed by atoms with van der Waals surface area (Å²) < 4.78 is 0. The van der Waals surface area contributed by atoms with Crippen LogP contribution in [0, 0.1) is 5.92 Å². The number of hydrogen-bond acceptors (Lipinski definition) is 2. The fourth-order valence-electron chi connectivity index (χ4n) is 4.68. The van der Waals surface area contributed by atoms with Gasteiger partial charge in [0.2, 0.25) is 0 Å². The second-order valence-corrected chi connectivity index (χ2v) is 8.40. The van der Waals surface area contributed by atoms with Gasteiger partial charge < -0.3 is 10.6 Å². The fraction of sp³-hybridized carbons (Fsp3) is 0.192. The maximum absolute atomic E-state index is 13.1. The van der Waals surface area contributed by atoms with E-state index >= 15 is 0 Å². The highest BCUT2D eigenvalue weighted by Crippen LogP contribution is 2.50. The van der Waals surface area contributed by atoms with Crippen molar-refractivity contribution < 1.29 is 4.79 Å². The van der Waals surface area contributed by atoms with Gasteiger partial charge in [-0.15, -0.1) is 0 Å². The molecule has 3 unspecified atom stereocenters. The molecule has 3 aromatic rings. The van der Waals surface area contributed by atoms with Crippen LogP contribution < -0.4 is 10.6 Å². The lowest BCUT2D eigenvalue weighted by atomic mass is 9.76. The van der Waals surface area contributed by atoms with Gasteiger partial charge in [-0.2, -0.15) is 0 Å². The van der Waals surface area contributed by atoms with Crippen molar-refractivity contribution in [3.05, 3.63) is 112 Å². The molecule has 0 fully saturated rings. The van der Waals surface area contributed by atoms with Crippen LogP contribution in [-0.4, -0.2) is 5.91 Å². The molecule has 1 aliphatic carbocycles. The van der Waals surface area contributed by atoms with Crippen LogP contribution in [0.5, 0.6) is 0 Å². The van der Waals surface area contributed by atoms with Crippen LogP contribution in [0.3, 0.4) is 0 Å². The molecule has 1 amide bonds. The Balaban J connectivity index is 1.47. The summed E-state index contributed by atoms with van der Waals surface area (Å²) in [6.07, 6.45) is 5.57. The third-order valence-electron chi connectivity index (χ3n) is 6.17. The van der Waals surface area contributed by atoms with E-state index in [0.717, 1.165) is 22.7 Å². The standard InChI is InChI=1S/C26H23ClN2O/c27-19-14-12-18(13-15-19)24-21-9-4-8-20(21)22-10-5-11-23(25(22)29-24)26(30)28-16-17-6-2-1-3-7-17/h1-8,10-15,20-21,24,29H,9,16H2,(H,28,30). The minimum absolute atomic E-state index is 0.0570. The topological polar surface area (TPSA) is 41.1 Å². The van der Waals surface area contributed by atoms with E-state index in [4.69, 9.17) is 11.6 Å². The fourth-order valence-corrected chi connectivity index (χ4v) is 4.81. The molecule has 150 valence electrons. The van der Waals surface area contributed by atoms with Crippen LogP contribution in [0.1, 0.15) is 45.4 Å². The summed E-state index contributed by atoms with van der Waals surface area (Å²) in [6.45, 7) is 0.510. The number of allylic oxidation sites excluding steroid dienone is 2. The van der Waals surface area contributed by atoms with E-state index in [1.807, 2.05) is 54.6 Å². The summed E-state index contributed by atoms with van der Waals surface area (Å²) in [5.74, 6) is 0.684. The molecule has 2 N–H and O–H groups in total. The molecule has 1 heterocycles. The lowest BCUT2D eigenvalue weighted by Crippen LogP contribution is -2.32. The summed E-state index contributed by atoms with van der Waals surface area (Å²) in [5.41, 5.74) is 5.12. The van der Waals surface area contributed by atoms with Gasteiger partial charge in [-0.1, -0.05) is 78.4 Å². The number of carbonyl (C=O) groups is 1. The van der Waals surface area contributed by atoms with E-state index < -0.39 is 0 Å². The Hall–Kier alpha value is -3.04. The van der Waals surface area contributed by atoms with Crippen LogP contribution in [0.2, 0.25) is 5.02 Å². The van der Waals surface area contributed by atoms with Crippen molar-refractivity contribution in [3.8, 4) is 0 Å². The van der Waals surface area contributed by atoms with Crippen molar-refractivity contribution >= 4 is 23.2 Å². The Morgan fingerprint density at radius 2 is 1.80 bits per heavy atom. The molecule has 1 aliphatic heterocycles. The first-order chi connectivity index (χ1) is 14.7. The van der Waals surface area contributed by atoms with Crippen molar-refractivity contribution in [1.29, 1.82) is 0 Å². The van der Waals surface area contributed by atoms with Gasteiger partial charge >= 0.3 is 0 Å².